The first-order chi connectivity index (χ1) is 20.3. The van der Waals surface area contributed by atoms with Gasteiger partial charge in [0.15, 0.2) is 11.4 Å². The van der Waals surface area contributed by atoms with Crippen LogP contribution in [0.1, 0.15) is 59.4 Å². The molecule has 2 aromatic heterocycles. The minimum Gasteiger partial charge on any atom is -0.456 e. The zero-order valence-electron chi connectivity index (χ0n) is 27.9. The molecule has 0 radical (unpaired) electrons. The van der Waals surface area contributed by atoms with Crippen LogP contribution in [0, 0.1) is 20.4 Å². The van der Waals surface area contributed by atoms with Crippen LogP contribution in [0.25, 0.3) is 49.2 Å². The van der Waals surface area contributed by atoms with Crippen molar-refractivity contribution in [2.75, 3.05) is 0 Å². The molecule has 0 amide bonds. The number of hydrogen-bond acceptors (Lipinski definition) is 1. The highest BCUT2D eigenvalue weighted by Crippen LogP contribution is 2.44. The van der Waals surface area contributed by atoms with Crippen molar-refractivity contribution >= 4 is 27.6 Å². The second-order valence-electron chi connectivity index (χ2n) is 9.11. The Morgan fingerprint density at radius 2 is 1.66 bits per heavy atom. The molecule has 35 heavy (non-hydrogen) atoms. The van der Waals surface area contributed by atoms with Crippen molar-refractivity contribution in [2.45, 2.75) is 45.4 Å². The maximum atomic E-state index is 9.37. The summed E-state index contributed by atoms with van der Waals surface area (Å²) in [6, 6.07) is 5.02. The van der Waals surface area contributed by atoms with Gasteiger partial charge in [0.2, 0.25) is 5.69 Å². The zero-order chi connectivity index (χ0) is 31.1. The Kier molecular flexibility index (Phi) is 3.48. The number of fused-ring (bicyclic) bond motifs is 3. The molecule has 1 aliphatic carbocycles. The lowest BCUT2D eigenvalue weighted by atomic mass is 9.93. The van der Waals surface area contributed by atoms with Gasteiger partial charge in [-0.25, -0.2) is 4.85 Å². The molecule has 172 valence electrons. The van der Waals surface area contributed by atoms with Crippen molar-refractivity contribution in [3.63, 3.8) is 0 Å². The summed E-state index contributed by atoms with van der Waals surface area (Å²) in [5, 5.41) is 1.28. The predicted octanol–water partition coefficient (Wildman–Crippen LogP) is 8.57. The maximum Gasteiger partial charge on any atom is 0.216 e. The minimum atomic E-state index is -1.02. The number of pyridine rings is 1. The second-order valence-corrected chi connectivity index (χ2v) is 9.11. The zero-order valence-corrected chi connectivity index (χ0v) is 19.9. The molecule has 0 saturated heterocycles. The van der Waals surface area contributed by atoms with Crippen LogP contribution in [-0.2, 0) is 7.05 Å². The summed E-state index contributed by atoms with van der Waals surface area (Å²) in [7, 11) is 1.80. The standard InChI is InChI=1S/C32H29N2O/c1-20-14-15-25-26-16-17-27(33-3)30(23-12-6-5-7-13-23)32(26)35-31(25)29(20)28-19-24(18-21(2)34(28)4)22-10-8-9-11-22/h5-7,12-19,22H,8-11H2,1-2,4H3/q+1/i5D,6D,7D,12D,13D,18D,19D,22D. The van der Waals surface area contributed by atoms with E-state index in [4.69, 9.17) is 19.2 Å². The first kappa shape index (κ1) is 14.5. The van der Waals surface area contributed by atoms with Crippen molar-refractivity contribution in [1.82, 2.24) is 0 Å². The smallest absolute Gasteiger partial charge is 0.216 e. The monoisotopic (exact) mass is 465 g/mol. The van der Waals surface area contributed by atoms with E-state index in [1.807, 2.05) is 26.0 Å². The van der Waals surface area contributed by atoms with Crippen molar-refractivity contribution in [2.24, 2.45) is 7.05 Å². The van der Waals surface area contributed by atoms with Gasteiger partial charge in [0.1, 0.15) is 18.2 Å². The van der Waals surface area contributed by atoms with Crippen LogP contribution in [0.2, 0.25) is 0 Å². The minimum absolute atomic E-state index is 0.0872. The molecular formula is C32H29N2O+. The van der Waals surface area contributed by atoms with E-state index in [-0.39, 0.29) is 34.5 Å². The molecular weight excluding hydrogens is 428 g/mol. The molecule has 6 rings (SSSR count). The quantitative estimate of drug-likeness (QED) is 0.193. The van der Waals surface area contributed by atoms with Crippen LogP contribution < -0.4 is 4.57 Å². The van der Waals surface area contributed by atoms with E-state index in [9.17, 15) is 2.74 Å². The van der Waals surface area contributed by atoms with Gasteiger partial charge >= 0.3 is 0 Å². The van der Waals surface area contributed by atoms with E-state index >= 15 is 0 Å². The molecule has 0 aliphatic heterocycles. The highest BCUT2D eigenvalue weighted by molar-refractivity contribution is 6.15. The first-order valence-electron chi connectivity index (χ1n) is 15.8. The third-order valence-corrected chi connectivity index (χ3v) is 7.05. The SMILES string of the molecule is [2H]c1c([2H])c([2H])c(-c2c([N+]#[C-])ccc3c2oc2c(-c4c([2H])c(C5([2H])CCCC5)c([2H])c(C)[n+]4C)c(C)ccc23)c([2H])c1[2H]. The second kappa shape index (κ2) is 8.40. The van der Waals surface area contributed by atoms with E-state index in [0.717, 1.165) is 18.4 Å². The van der Waals surface area contributed by atoms with Crippen molar-refractivity contribution in [3.05, 3.63) is 94.8 Å². The molecule has 1 saturated carbocycles. The van der Waals surface area contributed by atoms with Crippen LogP contribution in [0.15, 0.2) is 71.0 Å². The average Bonchev–Trinajstić information content (AvgIpc) is 3.59. The number of benzene rings is 3. The largest absolute Gasteiger partial charge is 0.456 e. The van der Waals surface area contributed by atoms with E-state index < -0.39 is 36.1 Å². The van der Waals surface area contributed by atoms with Crippen LogP contribution >= 0.6 is 0 Å². The van der Waals surface area contributed by atoms with Crippen molar-refractivity contribution in [1.29, 1.82) is 0 Å². The van der Waals surface area contributed by atoms with Gasteiger partial charge in [0.05, 0.1) is 21.7 Å². The Balaban J connectivity index is 1.76. The fraction of sp³-hybridized carbons (Fsp3) is 0.250. The number of rotatable bonds is 3. The molecule has 2 heterocycles. The Bertz CT molecular complexity index is 2040. The van der Waals surface area contributed by atoms with Crippen molar-refractivity contribution in [3.8, 4) is 22.4 Å². The fourth-order valence-electron chi connectivity index (χ4n) is 5.12. The van der Waals surface area contributed by atoms with E-state index in [0.29, 0.717) is 51.7 Å². The summed E-state index contributed by atoms with van der Waals surface area (Å²) in [5.74, 6) is -1.02. The fourth-order valence-corrected chi connectivity index (χ4v) is 5.12. The van der Waals surface area contributed by atoms with Crippen molar-refractivity contribution < 1.29 is 20.0 Å². The summed E-state index contributed by atoms with van der Waals surface area (Å²) >= 11 is 0. The van der Waals surface area contributed by atoms with Gasteiger partial charge in [-0.2, -0.15) is 4.57 Å². The topological polar surface area (TPSA) is 21.4 Å². The predicted molar refractivity (Wildman–Crippen MR) is 143 cm³/mol. The van der Waals surface area contributed by atoms with Gasteiger partial charge in [-0.05, 0) is 42.3 Å². The Morgan fingerprint density at radius 3 is 2.37 bits per heavy atom. The number of aromatic nitrogens is 1. The highest BCUT2D eigenvalue weighted by atomic mass is 16.3. The molecule has 1 fully saturated rings. The Morgan fingerprint density at radius 1 is 0.971 bits per heavy atom. The normalized spacial score (nSPS) is 18.2. The maximum absolute atomic E-state index is 9.37. The van der Waals surface area contributed by atoms with E-state index in [2.05, 4.69) is 4.85 Å². The highest BCUT2D eigenvalue weighted by Gasteiger charge is 2.26. The number of aryl methyl sites for hydroxylation is 1. The van der Waals surface area contributed by atoms with Gasteiger partial charge < -0.3 is 4.42 Å². The molecule has 0 bridgehead atoms. The summed E-state index contributed by atoms with van der Waals surface area (Å²) in [4.78, 5) is 3.62. The Labute approximate surface area is 217 Å². The number of furan rings is 1. The molecule has 3 heteroatoms. The van der Waals surface area contributed by atoms with E-state index in [1.165, 1.54) is 0 Å². The van der Waals surface area contributed by atoms with Gasteiger partial charge in [0, 0.05) is 36.7 Å². The lowest BCUT2D eigenvalue weighted by Crippen LogP contribution is -2.35. The molecule has 3 nitrogen and oxygen atoms in total. The lowest BCUT2D eigenvalue weighted by Gasteiger charge is -2.13. The molecule has 0 atom stereocenters. The molecule has 0 unspecified atom stereocenters. The Hall–Kier alpha value is -3.90. The molecule has 0 N–H and O–H groups in total. The van der Waals surface area contributed by atoms with Gasteiger partial charge in [-0.3, -0.25) is 0 Å². The molecule has 0 spiro atoms. The number of hydrogen-bond donors (Lipinski definition) is 0. The summed E-state index contributed by atoms with van der Waals surface area (Å²) in [5.41, 5.74) is 3.70. The third-order valence-electron chi connectivity index (χ3n) is 7.05. The van der Waals surface area contributed by atoms with Gasteiger partial charge in [0.25, 0.3) is 0 Å². The van der Waals surface area contributed by atoms with Crippen LogP contribution in [0.4, 0.5) is 5.69 Å². The summed E-state index contributed by atoms with van der Waals surface area (Å²) in [6.07, 6.45) is 2.93. The first-order valence-corrected chi connectivity index (χ1v) is 11.8. The van der Waals surface area contributed by atoms with Crippen LogP contribution in [0.3, 0.4) is 0 Å². The average molecular weight is 466 g/mol. The van der Waals surface area contributed by atoms with Gasteiger partial charge in [-0.15, -0.1) is 0 Å². The number of nitrogens with zero attached hydrogens (tertiary/aromatic N) is 2. The molecule has 1 aliphatic rings. The molecule has 3 aromatic carbocycles. The summed E-state index contributed by atoms with van der Waals surface area (Å²) in [6.45, 7) is 11.6. The van der Waals surface area contributed by atoms with Gasteiger partial charge in [-0.1, -0.05) is 67.3 Å². The van der Waals surface area contributed by atoms with E-state index in [1.54, 1.807) is 23.7 Å². The molecule has 5 aromatic rings. The third kappa shape index (κ3) is 3.44. The van der Waals surface area contributed by atoms with Crippen LogP contribution in [0.5, 0.6) is 0 Å². The van der Waals surface area contributed by atoms with Crippen LogP contribution in [-0.4, -0.2) is 0 Å². The lowest BCUT2D eigenvalue weighted by molar-refractivity contribution is -0.666. The summed E-state index contributed by atoms with van der Waals surface area (Å²) < 4.78 is 77.5.